The number of hydrogen-bond donors (Lipinski definition) is 1. The Kier molecular flexibility index (Phi) is 6.19. The van der Waals surface area contributed by atoms with E-state index in [0.717, 1.165) is 18.8 Å². The van der Waals surface area contributed by atoms with Gasteiger partial charge in [0.15, 0.2) is 0 Å². The zero-order chi connectivity index (χ0) is 14.3. The van der Waals surface area contributed by atoms with Gasteiger partial charge < -0.3 is 15.0 Å². The van der Waals surface area contributed by atoms with Gasteiger partial charge in [-0.1, -0.05) is 6.07 Å². The normalized spacial score (nSPS) is 10.1. The number of ether oxygens (including phenoxy) is 1. The SMILES string of the molecule is CCN(CC)C(=O)NCCOc1ccc(C)c(C)c1. The monoisotopic (exact) mass is 264 g/mol. The van der Waals surface area contributed by atoms with E-state index in [1.807, 2.05) is 32.0 Å². The Hall–Kier alpha value is -1.71. The molecular formula is C15H24N2O2. The second kappa shape index (κ2) is 7.67. The lowest BCUT2D eigenvalue weighted by Crippen LogP contribution is -2.41. The minimum absolute atomic E-state index is 0.0336. The van der Waals surface area contributed by atoms with Gasteiger partial charge in [-0.3, -0.25) is 0 Å². The first-order valence-electron chi connectivity index (χ1n) is 6.81. The van der Waals surface area contributed by atoms with Crippen molar-refractivity contribution in [2.75, 3.05) is 26.2 Å². The molecule has 0 aliphatic heterocycles. The standard InChI is InChI=1S/C15H24N2O2/c1-5-17(6-2)15(18)16-9-10-19-14-8-7-12(3)13(4)11-14/h7-8,11H,5-6,9-10H2,1-4H3,(H,16,18). The van der Waals surface area contributed by atoms with Crippen LogP contribution in [0, 0.1) is 13.8 Å². The van der Waals surface area contributed by atoms with E-state index in [1.165, 1.54) is 11.1 Å². The van der Waals surface area contributed by atoms with E-state index in [1.54, 1.807) is 4.90 Å². The van der Waals surface area contributed by atoms with Gasteiger partial charge in [0.1, 0.15) is 12.4 Å². The van der Waals surface area contributed by atoms with Gasteiger partial charge in [0.25, 0.3) is 0 Å². The molecular weight excluding hydrogens is 240 g/mol. The molecule has 1 aromatic carbocycles. The van der Waals surface area contributed by atoms with Crippen molar-refractivity contribution in [3.05, 3.63) is 29.3 Å². The Morgan fingerprint density at radius 2 is 1.89 bits per heavy atom. The van der Waals surface area contributed by atoms with E-state index in [4.69, 9.17) is 4.74 Å². The average molecular weight is 264 g/mol. The van der Waals surface area contributed by atoms with Gasteiger partial charge in [0.2, 0.25) is 0 Å². The Morgan fingerprint density at radius 1 is 1.21 bits per heavy atom. The fourth-order valence-corrected chi connectivity index (χ4v) is 1.75. The number of nitrogens with one attached hydrogen (secondary N) is 1. The summed E-state index contributed by atoms with van der Waals surface area (Å²) in [4.78, 5) is 13.4. The van der Waals surface area contributed by atoms with Crippen LogP contribution in [0.5, 0.6) is 5.75 Å². The molecule has 0 aliphatic rings. The predicted octanol–water partition coefficient (Wildman–Crippen LogP) is 2.73. The molecule has 0 saturated heterocycles. The number of amides is 2. The average Bonchev–Trinajstić information content (AvgIpc) is 2.40. The van der Waals surface area contributed by atoms with Gasteiger partial charge in [-0.25, -0.2) is 4.79 Å². The summed E-state index contributed by atoms with van der Waals surface area (Å²) >= 11 is 0. The molecule has 0 heterocycles. The van der Waals surface area contributed by atoms with Gasteiger partial charge in [0.05, 0.1) is 6.54 Å². The van der Waals surface area contributed by atoms with Crippen LogP contribution in [0.15, 0.2) is 18.2 Å². The Morgan fingerprint density at radius 3 is 2.47 bits per heavy atom. The highest BCUT2D eigenvalue weighted by molar-refractivity contribution is 5.74. The van der Waals surface area contributed by atoms with Crippen LogP contribution < -0.4 is 10.1 Å². The molecule has 2 amide bonds. The second-order valence-corrected chi connectivity index (χ2v) is 4.50. The number of carbonyl (C=O) groups excluding carboxylic acids is 1. The molecule has 0 fully saturated rings. The van der Waals surface area contributed by atoms with Crippen molar-refractivity contribution in [2.24, 2.45) is 0 Å². The lowest BCUT2D eigenvalue weighted by molar-refractivity contribution is 0.200. The van der Waals surface area contributed by atoms with Crippen LogP contribution in [0.4, 0.5) is 4.79 Å². The summed E-state index contributed by atoms with van der Waals surface area (Å²) in [5.41, 5.74) is 2.46. The van der Waals surface area contributed by atoms with Crippen LogP contribution in [-0.2, 0) is 0 Å². The number of rotatable bonds is 6. The predicted molar refractivity (Wildman–Crippen MR) is 77.7 cm³/mol. The smallest absolute Gasteiger partial charge is 0.317 e. The van der Waals surface area contributed by atoms with E-state index in [-0.39, 0.29) is 6.03 Å². The quantitative estimate of drug-likeness (QED) is 0.803. The number of nitrogens with zero attached hydrogens (tertiary/aromatic N) is 1. The van der Waals surface area contributed by atoms with Crippen molar-refractivity contribution in [1.29, 1.82) is 0 Å². The molecule has 0 spiro atoms. The maximum atomic E-state index is 11.7. The Bertz CT molecular complexity index is 415. The molecule has 0 radical (unpaired) electrons. The van der Waals surface area contributed by atoms with Crippen LogP contribution in [0.1, 0.15) is 25.0 Å². The van der Waals surface area contributed by atoms with Crippen LogP contribution >= 0.6 is 0 Å². The van der Waals surface area contributed by atoms with Gasteiger partial charge in [-0.15, -0.1) is 0 Å². The summed E-state index contributed by atoms with van der Waals surface area (Å²) in [6.45, 7) is 10.5. The van der Waals surface area contributed by atoms with Crippen molar-refractivity contribution in [3.63, 3.8) is 0 Å². The third kappa shape index (κ3) is 4.81. The van der Waals surface area contributed by atoms with Gasteiger partial charge in [0, 0.05) is 13.1 Å². The summed E-state index contributed by atoms with van der Waals surface area (Å²) < 4.78 is 5.61. The molecule has 106 valence electrons. The summed E-state index contributed by atoms with van der Waals surface area (Å²) in [5.74, 6) is 0.847. The fraction of sp³-hybridized carbons (Fsp3) is 0.533. The van der Waals surface area contributed by atoms with Crippen molar-refractivity contribution in [1.82, 2.24) is 10.2 Å². The summed E-state index contributed by atoms with van der Waals surface area (Å²) in [6, 6.07) is 5.98. The Balaban J connectivity index is 2.31. The van der Waals surface area contributed by atoms with E-state index < -0.39 is 0 Å². The van der Waals surface area contributed by atoms with Crippen LogP contribution in [0.3, 0.4) is 0 Å². The minimum atomic E-state index is -0.0336. The fourth-order valence-electron chi connectivity index (χ4n) is 1.75. The number of aryl methyl sites for hydroxylation is 2. The number of urea groups is 1. The highest BCUT2D eigenvalue weighted by atomic mass is 16.5. The first kappa shape index (κ1) is 15.3. The molecule has 4 heteroatoms. The van der Waals surface area contributed by atoms with Crippen LogP contribution in [0.25, 0.3) is 0 Å². The van der Waals surface area contributed by atoms with Crippen molar-refractivity contribution in [2.45, 2.75) is 27.7 Å². The number of carbonyl (C=O) groups is 1. The zero-order valence-corrected chi connectivity index (χ0v) is 12.3. The lowest BCUT2D eigenvalue weighted by Gasteiger charge is -2.19. The Labute approximate surface area is 115 Å². The van der Waals surface area contributed by atoms with Crippen molar-refractivity contribution < 1.29 is 9.53 Å². The third-order valence-electron chi connectivity index (χ3n) is 3.18. The number of hydrogen-bond acceptors (Lipinski definition) is 2. The number of benzene rings is 1. The third-order valence-corrected chi connectivity index (χ3v) is 3.18. The molecule has 0 unspecified atom stereocenters. The first-order valence-corrected chi connectivity index (χ1v) is 6.81. The molecule has 1 aromatic rings. The second-order valence-electron chi connectivity index (χ2n) is 4.50. The molecule has 0 saturated carbocycles. The molecule has 0 aliphatic carbocycles. The maximum Gasteiger partial charge on any atom is 0.317 e. The molecule has 19 heavy (non-hydrogen) atoms. The summed E-state index contributed by atoms with van der Waals surface area (Å²) in [6.07, 6.45) is 0. The van der Waals surface area contributed by atoms with Gasteiger partial charge in [-0.05, 0) is 51.0 Å². The van der Waals surface area contributed by atoms with E-state index >= 15 is 0 Å². The van der Waals surface area contributed by atoms with E-state index in [0.29, 0.717) is 13.2 Å². The zero-order valence-electron chi connectivity index (χ0n) is 12.3. The maximum absolute atomic E-state index is 11.7. The molecule has 1 N–H and O–H groups in total. The molecule has 0 bridgehead atoms. The minimum Gasteiger partial charge on any atom is -0.492 e. The summed E-state index contributed by atoms with van der Waals surface area (Å²) in [5, 5.41) is 2.84. The molecule has 1 rings (SSSR count). The first-order chi connectivity index (χ1) is 9.08. The topological polar surface area (TPSA) is 41.6 Å². The highest BCUT2D eigenvalue weighted by Gasteiger charge is 2.07. The van der Waals surface area contributed by atoms with Crippen molar-refractivity contribution >= 4 is 6.03 Å². The largest absolute Gasteiger partial charge is 0.492 e. The van der Waals surface area contributed by atoms with Crippen LogP contribution in [-0.4, -0.2) is 37.2 Å². The molecule has 4 nitrogen and oxygen atoms in total. The molecule has 0 aromatic heterocycles. The van der Waals surface area contributed by atoms with Crippen LogP contribution in [0.2, 0.25) is 0 Å². The van der Waals surface area contributed by atoms with Gasteiger partial charge in [-0.2, -0.15) is 0 Å². The van der Waals surface area contributed by atoms with E-state index in [9.17, 15) is 4.79 Å². The van der Waals surface area contributed by atoms with E-state index in [2.05, 4.69) is 19.2 Å². The lowest BCUT2D eigenvalue weighted by atomic mass is 10.1. The summed E-state index contributed by atoms with van der Waals surface area (Å²) in [7, 11) is 0. The highest BCUT2D eigenvalue weighted by Crippen LogP contribution is 2.15. The van der Waals surface area contributed by atoms with Gasteiger partial charge >= 0.3 is 6.03 Å². The molecule has 0 atom stereocenters. The van der Waals surface area contributed by atoms with Crippen molar-refractivity contribution in [3.8, 4) is 5.75 Å².